The van der Waals surface area contributed by atoms with Crippen LogP contribution in [-0.4, -0.2) is 24.3 Å². The summed E-state index contributed by atoms with van der Waals surface area (Å²) in [6.07, 6.45) is 0.120. The van der Waals surface area contributed by atoms with Crippen LogP contribution in [0.2, 0.25) is 10.0 Å². The Kier molecular flexibility index (Phi) is 6.11. The van der Waals surface area contributed by atoms with Crippen LogP contribution in [0.4, 0.5) is 4.79 Å². The average Bonchev–Trinajstić information content (AvgIpc) is 2.29. The summed E-state index contributed by atoms with van der Waals surface area (Å²) in [4.78, 5) is 11.5. The molecule has 112 valence electrons. The minimum absolute atomic E-state index is 0.222. The lowest BCUT2D eigenvalue weighted by Crippen LogP contribution is -2.41. The lowest BCUT2D eigenvalue weighted by atomic mass is 10.1. The summed E-state index contributed by atoms with van der Waals surface area (Å²) in [5, 5.41) is 3.65. The second-order valence-electron chi connectivity index (χ2n) is 5.60. The van der Waals surface area contributed by atoms with Crippen molar-refractivity contribution in [2.24, 2.45) is 5.73 Å². The fourth-order valence-electron chi connectivity index (χ4n) is 1.57. The molecule has 1 atom stereocenters. The highest BCUT2D eigenvalue weighted by atomic mass is 35.5. The molecular formula is C14H20Cl2N2O2. The van der Waals surface area contributed by atoms with E-state index in [1.807, 2.05) is 26.8 Å². The number of hydrogen-bond donors (Lipinski definition) is 2. The van der Waals surface area contributed by atoms with Crippen LogP contribution in [0.25, 0.3) is 0 Å². The second-order valence-corrected chi connectivity index (χ2v) is 6.41. The minimum Gasteiger partial charge on any atom is -0.444 e. The standard InChI is InChI=1S/C14H20Cl2N2O2/c1-14(2,3)20-13(19)18-8-10(17)6-9-4-5-11(15)12(16)7-9/h4-5,7,10H,6,8,17H2,1-3H3,(H,18,19)/t10-/m0/s1. The van der Waals surface area contributed by atoms with Gasteiger partial charge in [0, 0.05) is 12.6 Å². The van der Waals surface area contributed by atoms with E-state index < -0.39 is 11.7 Å². The van der Waals surface area contributed by atoms with Gasteiger partial charge in [-0.25, -0.2) is 4.79 Å². The van der Waals surface area contributed by atoms with Crippen LogP contribution in [-0.2, 0) is 11.2 Å². The van der Waals surface area contributed by atoms with E-state index in [2.05, 4.69) is 5.32 Å². The van der Waals surface area contributed by atoms with Gasteiger partial charge in [-0.05, 0) is 44.9 Å². The van der Waals surface area contributed by atoms with Gasteiger partial charge in [-0.3, -0.25) is 0 Å². The number of carbonyl (C=O) groups excluding carboxylic acids is 1. The van der Waals surface area contributed by atoms with E-state index >= 15 is 0 Å². The Balaban J connectivity index is 2.42. The number of nitrogens with one attached hydrogen (secondary N) is 1. The fourth-order valence-corrected chi connectivity index (χ4v) is 1.89. The molecule has 20 heavy (non-hydrogen) atoms. The third-order valence-corrected chi connectivity index (χ3v) is 3.13. The van der Waals surface area contributed by atoms with Gasteiger partial charge in [0.05, 0.1) is 10.0 Å². The molecule has 4 nitrogen and oxygen atoms in total. The second kappa shape index (κ2) is 7.16. The maximum absolute atomic E-state index is 11.5. The molecule has 0 aliphatic carbocycles. The summed E-state index contributed by atoms with van der Waals surface area (Å²) >= 11 is 11.8. The largest absolute Gasteiger partial charge is 0.444 e. The van der Waals surface area contributed by atoms with Crippen LogP contribution in [0.1, 0.15) is 26.3 Å². The molecular weight excluding hydrogens is 299 g/mol. The molecule has 1 amide bonds. The van der Waals surface area contributed by atoms with Crippen molar-refractivity contribution in [3.8, 4) is 0 Å². The van der Waals surface area contributed by atoms with Gasteiger partial charge in [0.1, 0.15) is 5.60 Å². The molecule has 1 aromatic rings. The molecule has 0 aromatic heterocycles. The van der Waals surface area contributed by atoms with Gasteiger partial charge >= 0.3 is 6.09 Å². The molecule has 0 unspecified atom stereocenters. The van der Waals surface area contributed by atoms with Crippen molar-refractivity contribution in [2.45, 2.75) is 38.8 Å². The summed E-state index contributed by atoms with van der Waals surface area (Å²) in [7, 11) is 0. The molecule has 0 aliphatic heterocycles. The first-order valence-electron chi connectivity index (χ1n) is 6.34. The summed E-state index contributed by atoms with van der Waals surface area (Å²) in [5.41, 5.74) is 6.41. The number of benzene rings is 1. The van der Waals surface area contributed by atoms with Gasteiger partial charge in [0.15, 0.2) is 0 Å². The highest BCUT2D eigenvalue weighted by Crippen LogP contribution is 2.22. The zero-order valence-corrected chi connectivity index (χ0v) is 13.4. The van der Waals surface area contributed by atoms with Crippen molar-refractivity contribution < 1.29 is 9.53 Å². The van der Waals surface area contributed by atoms with Gasteiger partial charge in [0.2, 0.25) is 0 Å². The number of ether oxygens (including phenoxy) is 1. The van der Waals surface area contributed by atoms with Crippen LogP contribution in [0.3, 0.4) is 0 Å². The van der Waals surface area contributed by atoms with Crippen LogP contribution in [0, 0.1) is 0 Å². The van der Waals surface area contributed by atoms with E-state index in [9.17, 15) is 4.79 Å². The van der Waals surface area contributed by atoms with Crippen molar-refractivity contribution >= 4 is 29.3 Å². The fraction of sp³-hybridized carbons (Fsp3) is 0.500. The molecule has 0 spiro atoms. The number of carbonyl (C=O) groups is 1. The topological polar surface area (TPSA) is 64.3 Å². The molecule has 0 saturated heterocycles. The quantitative estimate of drug-likeness (QED) is 0.894. The summed E-state index contributed by atoms with van der Waals surface area (Å²) in [5.74, 6) is 0. The predicted octanol–water partition coefficient (Wildman–Crippen LogP) is 3.39. The zero-order chi connectivity index (χ0) is 15.3. The lowest BCUT2D eigenvalue weighted by molar-refractivity contribution is 0.0524. The normalized spacial score (nSPS) is 12.9. The Morgan fingerprint density at radius 3 is 2.55 bits per heavy atom. The van der Waals surface area contributed by atoms with Crippen molar-refractivity contribution in [1.82, 2.24) is 5.32 Å². The Hall–Kier alpha value is -0.970. The van der Waals surface area contributed by atoms with E-state index in [4.69, 9.17) is 33.7 Å². The summed E-state index contributed by atoms with van der Waals surface area (Å²) in [6.45, 7) is 5.75. The Morgan fingerprint density at radius 2 is 2.00 bits per heavy atom. The third kappa shape index (κ3) is 6.46. The molecule has 0 radical (unpaired) electrons. The molecule has 0 heterocycles. The lowest BCUT2D eigenvalue weighted by Gasteiger charge is -2.20. The van der Waals surface area contributed by atoms with Crippen LogP contribution in [0.15, 0.2) is 18.2 Å². The molecule has 1 aromatic carbocycles. The predicted molar refractivity (Wildman–Crippen MR) is 82.4 cm³/mol. The zero-order valence-electron chi connectivity index (χ0n) is 11.9. The van der Waals surface area contributed by atoms with E-state index in [-0.39, 0.29) is 6.04 Å². The highest BCUT2D eigenvalue weighted by Gasteiger charge is 2.16. The van der Waals surface area contributed by atoms with Crippen molar-refractivity contribution in [1.29, 1.82) is 0 Å². The number of nitrogens with two attached hydrogens (primary N) is 1. The molecule has 0 fully saturated rings. The molecule has 0 bridgehead atoms. The van der Waals surface area contributed by atoms with Crippen LogP contribution >= 0.6 is 23.2 Å². The monoisotopic (exact) mass is 318 g/mol. The van der Waals surface area contributed by atoms with Crippen LogP contribution < -0.4 is 11.1 Å². The average molecular weight is 319 g/mol. The Morgan fingerprint density at radius 1 is 1.35 bits per heavy atom. The van der Waals surface area contributed by atoms with Crippen molar-refractivity contribution in [3.63, 3.8) is 0 Å². The first kappa shape index (κ1) is 17.1. The number of amides is 1. The molecule has 0 saturated carbocycles. The number of alkyl carbamates (subject to hydrolysis) is 1. The first-order chi connectivity index (χ1) is 9.17. The Labute approximate surface area is 129 Å². The molecule has 3 N–H and O–H groups in total. The van der Waals surface area contributed by atoms with E-state index in [1.165, 1.54) is 0 Å². The highest BCUT2D eigenvalue weighted by molar-refractivity contribution is 6.42. The third-order valence-electron chi connectivity index (χ3n) is 2.39. The Bertz CT molecular complexity index is 473. The summed E-state index contributed by atoms with van der Waals surface area (Å²) < 4.78 is 5.13. The van der Waals surface area contributed by atoms with Gasteiger partial charge in [0.25, 0.3) is 0 Å². The van der Waals surface area contributed by atoms with E-state index in [0.717, 1.165) is 5.56 Å². The number of halogens is 2. The smallest absolute Gasteiger partial charge is 0.407 e. The molecule has 6 heteroatoms. The van der Waals surface area contributed by atoms with E-state index in [0.29, 0.717) is 23.0 Å². The van der Waals surface area contributed by atoms with Gasteiger partial charge in [-0.2, -0.15) is 0 Å². The minimum atomic E-state index is -0.516. The van der Waals surface area contributed by atoms with E-state index in [1.54, 1.807) is 12.1 Å². The van der Waals surface area contributed by atoms with Crippen molar-refractivity contribution in [3.05, 3.63) is 33.8 Å². The van der Waals surface area contributed by atoms with Gasteiger partial charge in [-0.15, -0.1) is 0 Å². The SMILES string of the molecule is CC(C)(C)OC(=O)NC[C@@H](N)Cc1ccc(Cl)c(Cl)c1. The van der Waals surface area contributed by atoms with Crippen LogP contribution in [0.5, 0.6) is 0 Å². The number of hydrogen-bond acceptors (Lipinski definition) is 3. The first-order valence-corrected chi connectivity index (χ1v) is 7.09. The maximum Gasteiger partial charge on any atom is 0.407 e. The molecule has 1 rings (SSSR count). The maximum atomic E-state index is 11.5. The molecule has 0 aliphatic rings. The van der Waals surface area contributed by atoms with Gasteiger partial charge in [-0.1, -0.05) is 29.3 Å². The summed E-state index contributed by atoms with van der Waals surface area (Å²) in [6, 6.07) is 5.14. The number of rotatable bonds is 4. The van der Waals surface area contributed by atoms with Crippen molar-refractivity contribution in [2.75, 3.05) is 6.54 Å². The van der Waals surface area contributed by atoms with Gasteiger partial charge < -0.3 is 15.8 Å².